The van der Waals surface area contributed by atoms with E-state index in [-0.39, 0.29) is 0 Å². The third-order valence-electron chi connectivity index (χ3n) is 7.94. The summed E-state index contributed by atoms with van der Waals surface area (Å²) in [5.74, 6) is 0. The summed E-state index contributed by atoms with van der Waals surface area (Å²) in [5, 5.41) is 16.0. The lowest BCUT2D eigenvalue weighted by Crippen LogP contribution is -2.92. The normalized spacial score (nSPS) is 12.0. The largest absolute Gasteiger partial charge is 0.288 e. The van der Waals surface area contributed by atoms with Gasteiger partial charge in [0.25, 0.3) is 15.5 Å². The molecule has 0 saturated carbocycles. The van der Waals surface area contributed by atoms with E-state index in [1.807, 2.05) is 0 Å². The minimum Gasteiger partial charge on any atom is -0.288 e. The highest BCUT2D eigenvalue weighted by Gasteiger charge is 2.66. The van der Waals surface area contributed by atoms with Crippen molar-refractivity contribution in [2.45, 2.75) is 27.7 Å². The van der Waals surface area contributed by atoms with Gasteiger partial charge in [-0.25, -0.2) is 0 Å². The average Bonchev–Trinajstić information content (AvgIpc) is 3.52. The fraction of sp³-hybridized carbons (Fsp3) is 0.118. The van der Waals surface area contributed by atoms with E-state index in [0.29, 0.717) is 0 Å². The summed E-state index contributed by atoms with van der Waals surface area (Å²) < 4.78 is 4.88. The molecule has 0 spiro atoms. The van der Waals surface area contributed by atoms with Gasteiger partial charge in [0, 0.05) is 11.4 Å². The Bertz CT molecular complexity index is 1520. The van der Waals surface area contributed by atoms with Gasteiger partial charge in [0.15, 0.2) is 0 Å². The summed E-state index contributed by atoms with van der Waals surface area (Å²) >= 11 is 0. The molecular weight excluding hydrogens is 521 g/mol. The van der Waals surface area contributed by atoms with Gasteiger partial charge >= 0.3 is 0 Å². The van der Waals surface area contributed by atoms with Gasteiger partial charge in [-0.05, 0) is 60.6 Å². The van der Waals surface area contributed by atoms with Crippen LogP contribution in [0.15, 0.2) is 133 Å². The van der Waals surface area contributed by atoms with Crippen molar-refractivity contribution in [2.24, 2.45) is 0 Å². The summed E-state index contributed by atoms with van der Waals surface area (Å²) in [6, 6.07) is 49.0. The van der Waals surface area contributed by atoms with Crippen molar-refractivity contribution < 1.29 is 0 Å². The fourth-order valence-corrected chi connectivity index (χ4v) is 25.3. The molecule has 0 aliphatic rings. The van der Waals surface area contributed by atoms with E-state index in [0.717, 1.165) is 11.4 Å². The Morgan fingerprint density at radius 3 is 0.850 bits per heavy atom. The second kappa shape index (κ2) is 10.4. The molecule has 0 aliphatic heterocycles. The Labute approximate surface area is 238 Å². The minimum absolute atomic E-state index is 1.03. The van der Waals surface area contributed by atoms with Crippen LogP contribution in [0.5, 0.6) is 0 Å². The highest BCUT2D eigenvalue weighted by atomic mass is 29.3. The molecule has 6 rings (SSSR count). The summed E-state index contributed by atoms with van der Waals surface area (Å²) in [6.07, 6.45) is 0. The molecule has 40 heavy (non-hydrogen) atoms. The summed E-state index contributed by atoms with van der Waals surface area (Å²) in [4.78, 5) is 0. The van der Waals surface area contributed by atoms with Gasteiger partial charge < -0.3 is 0 Å². The maximum absolute atomic E-state index is 5.39. The number of hydrogen-bond donors (Lipinski definition) is 0. The molecule has 0 amide bonds. The predicted octanol–water partition coefficient (Wildman–Crippen LogP) is 4.31. The molecule has 2 heterocycles. The summed E-state index contributed by atoms with van der Waals surface area (Å²) in [7, 11) is -6.25. The standard InChI is InChI=1S/C34H34N4Si2/c1-27-25-29(3)37(35-27)39(31-17-9-5-10-18-31,32-19-11-6-12-20-32)40(33-21-13-7-14-22-33,34-23-15-8-16-24-34)38-30(4)26-28(2)36-38/h5-26H,1-4H3. The van der Waals surface area contributed by atoms with Crippen molar-refractivity contribution in [1.82, 2.24) is 18.9 Å². The van der Waals surface area contributed by atoms with Crippen LogP contribution in [0.4, 0.5) is 0 Å². The molecule has 0 atom stereocenters. The molecule has 0 aliphatic carbocycles. The molecule has 198 valence electrons. The molecule has 6 aromatic rings. The molecule has 4 aromatic carbocycles. The topological polar surface area (TPSA) is 35.6 Å². The first-order valence-electron chi connectivity index (χ1n) is 13.8. The lowest BCUT2D eigenvalue weighted by molar-refractivity contribution is 0.875. The highest BCUT2D eigenvalue weighted by molar-refractivity contribution is 7.58. The van der Waals surface area contributed by atoms with Gasteiger partial charge in [0.1, 0.15) is 0 Å². The molecule has 4 nitrogen and oxygen atoms in total. The first kappa shape index (κ1) is 26.0. The number of aromatic nitrogens is 4. The summed E-state index contributed by atoms with van der Waals surface area (Å²) in [5.41, 5.74) is 4.39. The molecule has 6 heteroatoms. The molecule has 0 bridgehead atoms. The van der Waals surface area contributed by atoms with Crippen molar-refractivity contribution in [1.29, 1.82) is 0 Å². The second-order valence-electron chi connectivity index (χ2n) is 10.6. The van der Waals surface area contributed by atoms with E-state index in [2.05, 4.69) is 170 Å². The monoisotopic (exact) mass is 554 g/mol. The SMILES string of the molecule is Cc1cc(C)n([Si](c2ccccc2)(c2ccccc2)[Si](c2ccccc2)(c2ccccc2)n2nc(C)cc2C)n1. The number of benzene rings is 4. The Morgan fingerprint density at radius 2 is 0.650 bits per heavy atom. The smallest absolute Gasteiger partial charge is 0.269 e. The van der Waals surface area contributed by atoms with Crippen LogP contribution in [0.3, 0.4) is 0 Å². The third-order valence-corrected chi connectivity index (χ3v) is 23.7. The molecule has 0 unspecified atom stereocenters. The van der Waals surface area contributed by atoms with E-state index in [9.17, 15) is 0 Å². The van der Waals surface area contributed by atoms with Crippen molar-refractivity contribution in [3.63, 3.8) is 0 Å². The van der Waals surface area contributed by atoms with Gasteiger partial charge in [0.05, 0.1) is 11.4 Å². The molecular formula is C34H34N4Si2. The van der Waals surface area contributed by atoms with Gasteiger partial charge in [-0.1, -0.05) is 121 Å². The number of nitrogens with zero attached hydrogens (tertiary/aromatic N) is 4. The fourth-order valence-electron chi connectivity index (χ4n) is 6.62. The minimum atomic E-state index is -3.12. The van der Waals surface area contributed by atoms with Crippen LogP contribution in [-0.4, -0.2) is 34.4 Å². The van der Waals surface area contributed by atoms with Crippen molar-refractivity contribution in [3.05, 3.63) is 156 Å². The van der Waals surface area contributed by atoms with Gasteiger partial charge in [0.2, 0.25) is 0 Å². The zero-order chi connectivity index (χ0) is 27.7. The van der Waals surface area contributed by atoms with Crippen molar-refractivity contribution in [3.8, 4) is 0 Å². The lowest BCUT2D eigenvalue weighted by Gasteiger charge is -2.49. The van der Waals surface area contributed by atoms with Crippen LogP contribution in [0.2, 0.25) is 0 Å². The van der Waals surface area contributed by atoms with Crippen molar-refractivity contribution >= 4 is 36.3 Å². The van der Waals surface area contributed by atoms with E-state index < -0.39 is 15.5 Å². The number of aryl methyl sites for hydroxylation is 4. The predicted molar refractivity (Wildman–Crippen MR) is 170 cm³/mol. The third kappa shape index (κ3) is 3.86. The van der Waals surface area contributed by atoms with E-state index in [1.165, 1.54) is 32.1 Å². The molecule has 0 radical (unpaired) electrons. The van der Waals surface area contributed by atoms with E-state index in [1.54, 1.807) is 0 Å². The number of hydrogen-bond acceptors (Lipinski definition) is 2. The van der Waals surface area contributed by atoms with E-state index >= 15 is 0 Å². The van der Waals surface area contributed by atoms with Crippen molar-refractivity contribution in [2.75, 3.05) is 0 Å². The van der Waals surface area contributed by atoms with Crippen LogP contribution in [0, 0.1) is 27.7 Å². The number of rotatable bonds is 7. The second-order valence-corrected chi connectivity index (χ2v) is 20.9. The Morgan fingerprint density at radius 1 is 0.400 bits per heavy atom. The Kier molecular flexibility index (Phi) is 6.74. The Balaban J connectivity index is 1.97. The lowest BCUT2D eigenvalue weighted by atomic mass is 10.4. The average molecular weight is 555 g/mol. The van der Waals surface area contributed by atoms with Crippen LogP contribution in [0.1, 0.15) is 22.8 Å². The summed E-state index contributed by atoms with van der Waals surface area (Å²) in [6.45, 7) is 8.64. The maximum atomic E-state index is 5.39. The quantitative estimate of drug-likeness (QED) is 0.276. The Hall–Kier alpha value is -4.27. The van der Waals surface area contributed by atoms with Crippen LogP contribution in [-0.2, 0) is 0 Å². The van der Waals surface area contributed by atoms with Gasteiger partial charge in [-0.3, -0.25) is 8.69 Å². The highest BCUT2D eigenvalue weighted by Crippen LogP contribution is 2.27. The zero-order valence-corrected chi connectivity index (χ0v) is 25.5. The van der Waals surface area contributed by atoms with Gasteiger partial charge in [-0.2, -0.15) is 10.2 Å². The molecule has 0 saturated heterocycles. The van der Waals surface area contributed by atoms with Crippen LogP contribution in [0.25, 0.3) is 0 Å². The van der Waals surface area contributed by atoms with Crippen LogP contribution < -0.4 is 20.7 Å². The first-order chi connectivity index (χ1) is 19.5. The zero-order valence-electron chi connectivity index (χ0n) is 23.5. The molecule has 0 N–H and O–H groups in total. The van der Waals surface area contributed by atoms with Gasteiger partial charge in [-0.15, -0.1) is 0 Å². The van der Waals surface area contributed by atoms with E-state index in [4.69, 9.17) is 10.2 Å². The molecule has 0 fully saturated rings. The molecule has 2 aromatic heterocycles. The maximum Gasteiger partial charge on any atom is 0.269 e. The van der Waals surface area contributed by atoms with Crippen LogP contribution >= 0.6 is 0 Å². The first-order valence-corrected chi connectivity index (χ1v) is 18.7.